The lowest BCUT2D eigenvalue weighted by Crippen LogP contribution is -2.28. The van der Waals surface area contributed by atoms with E-state index in [9.17, 15) is 5.26 Å². The second kappa shape index (κ2) is 8.20. The number of halogens is 2. The highest BCUT2D eigenvalue weighted by Crippen LogP contribution is 2.32. The maximum atomic E-state index is 9.42. The molecule has 3 rings (SSSR count). The fourth-order valence-electron chi connectivity index (χ4n) is 2.94. The number of hydrogen-bond acceptors (Lipinski definition) is 3. The van der Waals surface area contributed by atoms with Crippen molar-refractivity contribution >= 4 is 35.0 Å². The van der Waals surface area contributed by atoms with Crippen molar-refractivity contribution in [3.63, 3.8) is 0 Å². The predicted molar refractivity (Wildman–Crippen MR) is 104 cm³/mol. The number of nitriles is 1. The smallest absolute Gasteiger partial charge is 0.148 e. The summed E-state index contributed by atoms with van der Waals surface area (Å²) in [6.07, 6.45) is 11.0. The van der Waals surface area contributed by atoms with Gasteiger partial charge in [-0.25, -0.2) is 4.98 Å². The van der Waals surface area contributed by atoms with Gasteiger partial charge in [-0.15, -0.1) is 0 Å². The Morgan fingerprint density at radius 2 is 2.08 bits per heavy atom. The first-order valence-electron chi connectivity index (χ1n) is 8.14. The maximum absolute atomic E-state index is 9.42. The predicted octanol–water partition coefficient (Wildman–Crippen LogP) is 5.85. The lowest BCUT2D eigenvalue weighted by Gasteiger charge is -2.32. The van der Waals surface area contributed by atoms with Crippen LogP contribution in [0.15, 0.2) is 54.4 Å². The quantitative estimate of drug-likeness (QED) is 0.637. The highest BCUT2D eigenvalue weighted by Gasteiger charge is 2.20. The van der Waals surface area contributed by atoms with Gasteiger partial charge in [0.15, 0.2) is 0 Å². The Morgan fingerprint density at radius 1 is 1.20 bits per heavy atom. The van der Waals surface area contributed by atoms with Crippen LogP contribution in [0.2, 0.25) is 10.2 Å². The number of benzene rings is 1. The summed E-state index contributed by atoms with van der Waals surface area (Å²) in [4.78, 5) is 6.18. The summed E-state index contributed by atoms with van der Waals surface area (Å²) in [6, 6.07) is 11.7. The maximum Gasteiger partial charge on any atom is 0.148 e. The number of allylic oxidation sites excluding steroid dienone is 3. The minimum absolute atomic E-state index is 0.249. The van der Waals surface area contributed by atoms with Crippen LogP contribution in [-0.2, 0) is 0 Å². The number of rotatable bonds is 3. The molecule has 0 spiro atoms. The highest BCUT2D eigenvalue weighted by molar-refractivity contribution is 6.31. The zero-order valence-electron chi connectivity index (χ0n) is 13.6. The zero-order chi connectivity index (χ0) is 17.6. The molecule has 0 aliphatic carbocycles. The van der Waals surface area contributed by atoms with Crippen molar-refractivity contribution in [3.05, 3.63) is 75.7 Å². The van der Waals surface area contributed by atoms with E-state index in [2.05, 4.69) is 22.0 Å². The molecule has 1 aromatic carbocycles. The Morgan fingerprint density at radius 3 is 2.88 bits per heavy atom. The zero-order valence-corrected chi connectivity index (χ0v) is 15.1. The summed E-state index contributed by atoms with van der Waals surface area (Å²) < 4.78 is 0. The fourth-order valence-corrected chi connectivity index (χ4v) is 3.33. The van der Waals surface area contributed by atoms with E-state index in [0.717, 1.165) is 42.1 Å². The Balaban J connectivity index is 1.89. The number of pyridine rings is 1. The molecule has 1 aliphatic rings. The van der Waals surface area contributed by atoms with Gasteiger partial charge in [-0.3, -0.25) is 0 Å². The van der Waals surface area contributed by atoms with Gasteiger partial charge < -0.3 is 4.90 Å². The van der Waals surface area contributed by atoms with Crippen LogP contribution in [0.1, 0.15) is 30.4 Å². The molecule has 2 heterocycles. The number of aromatic nitrogens is 1. The highest BCUT2D eigenvalue weighted by atomic mass is 35.5. The van der Waals surface area contributed by atoms with Gasteiger partial charge in [0.25, 0.3) is 0 Å². The van der Waals surface area contributed by atoms with Crippen molar-refractivity contribution < 1.29 is 0 Å². The second-order valence-corrected chi connectivity index (χ2v) is 6.58. The first-order valence-corrected chi connectivity index (χ1v) is 8.89. The number of nitrogens with zero attached hydrogens (tertiary/aromatic N) is 3. The van der Waals surface area contributed by atoms with Crippen LogP contribution in [0, 0.1) is 11.3 Å². The van der Waals surface area contributed by atoms with Gasteiger partial charge in [-0.2, -0.15) is 5.26 Å². The first kappa shape index (κ1) is 17.5. The van der Waals surface area contributed by atoms with E-state index in [1.807, 2.05) is 42.5 Å². The fraction of sp³-hybridized carbons (Fsp3) is 0.200. The van der Waals surface area contributed by atoms with E-state index in [1.54, 1.807) is 6.20 Å². The monoisotopic (exact) mass is 369 g/mol. The molecule has 25 heavy (non-hydrogen) atoms. The molecule has 1 fully saturated rings. The van der Waals surface area contributed by atoms with Gasteiger partial charge in [0.2, 0.25) is 0 Å². The molecule has 0 bridgehead atoms. The van der Waals surface area contributed by atoms with Crippen molar-refractivity contribution in [1.29, 1.82) is 5.26 Å². The molecule has 1 aromatic heterocycles. The van der Waals surface area contributed by atoms with Crippen molar-refractivity contribution in [2.24, 2.45) is 0 Å². The van der Waals surface area contributed by atoms with Gasteiger partial charge in [-0.05, 0) is 49.1 Å². The van der Waals surface area contributed by atoms with E-state index in [4.69, 9.17) is 23.2 Å². The lowest BCUT2D eigenvalue weighted by atomic mass is 10.0. The average molecular weight is 370 g/mol. The largest absolute Gasteiger partial charge is 0.344 e. The van der Waals surface area contributed by atoms with Crippen LogP contribution >= 0.6 is 23.2 Å². The molecule has 2 aromatic rings. The van der Waals surface area contributed by atoms with Crippen molar-refractivity contribution in [2.45, 2.75) is 19.3 Å². The van der Waals surface area contributed by atoms with Crippen molar-refractivity contribution in [1.82, 2.24) is 4.98 Å². The molecule has 3 nitrogen and oxygen atoms in total. The second-order valence-electron chi connectivity index (χ2n) is 5.79. The number of piperidine rings is 1. The number of anilines is 1. The standard InChI is InChI=1S/C20H17Cl2N3/c21-16-7-3-5-15(13-16)6-4-9-17-8-1-2-12-25(17)19-10-11-24-20(22)18(19)14-23/h3-7,9-11,13H,1-2,8,12H2/b6-4?,17-9+. The van der Waals surface area contributed by atoms with E-state index in [0.29, 0.717) is 5.56 Å². The Bertz CT molecular complexity index is 865. The molecule has 5 heteroatoms. The molecule has 126 valence electrons. The van der Waals surface area contributed by atoms with Gasteiger partial charge >= 0.3 is 0 Å². The first-order chi connectivity index (χ1) is 12.2. The molecule has 0 atom stereocenters. The van der Waals surface area contributed by atoms with Gasteiger partial charge in [0.1, 0.15) is 16.8 Å². The Hall–Kier alpha value is -2.28. The van der Waals surface area contributed by atoms with Crippen LogP contribution in [-0.4, -0.2) is 11.5 Å². The molecule has 1 saturated heterocycles. The third-order valence-electron chi connectivity index (χ3n) is 4.12. The average Bonchev–Trinajstić information content (AvgIpc) is 2.62. The molecule has 1 aliphatic heterocycles. The van der Waals surface area contributed by atoms with Crippen molar-refractivity contribution in [3.8, 4) is 6.07 Å². The molecule has 0 amide bonds. The summed E-state index contributed by atoms with van der Waals surface area (Å²) in [5, 5.41) is 10.4. The van der Waals surface area contributed by atoms with Crippen LogP contribution in [0.5, 0.6) is 0 Å². The summed E-state index contributed by atoms with van der Waals surface area (Å²) in [7, 11) is 0. The van der Waals surface area contributed by atoms with Crippen LogP contribution in [0.3, 0.4) is 0 Å². The third-order valence-corrected chi connectivity index (χ3v) is 4.64. The van der Waals surface area contributed by atoms with E-state index < -0.39 is 0 Å². The van der Waals surface area contributed by atoms with E-state index in [1.165, 1.54) is 5.70 Å². The Kier molecular flexibility index (Phi) is 5.75. The summed E-state index contributed by atoms with van der Waals surface area (Å²) in [5.74, 6) is 0. The molecule has 0 saturated carbocycles. The van der Waals surface area contributed by atoms with Gasteiger partial charge in [0.05, 0.1) is 5.69 Å². The van der Waals surface area contributed by atoms with Crippen LogP contribution < -0.4 is 4.90 Å². The summed E-state index contributed by atoms with van der Waals surface area (Å²) >= 11 is 12.1. The third kappa shape index (κ3) is 4.22. The van der Waals surface area contributed by atoms with E-state index in [-0.39, 0.29) is 5.15 Å². The molecular weight excluding hydrogens is 353 g/mol. The SMILES string of the molecule is N#Cc1c(N2CCCC/C2=C\C=Cc2cccc(Cl)c2)ccnc1Cl. The van der Waals surface area contributed by atoms with Crippen molar-refractivity contribution in [2.75, 3.05) is 11.4 Å². The van der Waals surface area contributed by atoms with Gasteiger partial charge in [0, 0.05) is 23.5 Å². The topological polar surface area (TPSA) is 39.9 Å². The normalized spacial score (nSPS) is 16.4. The summed E-state index contributed by atoms with van der Waals surface area (Å²) in [6.45, 7) is 0.867. The Labute approximate surface area is 157 Å². The minimum Gasteiger partial charge on any atom is -0.344 e. The molecule has 0 unspecified atom stereocenters. The molecular formula is C20H17Cl2N3. The van der Waals surface area contributed by atoms with Crippen LogP contribution in [0.4, 0.5) is 5.69 Å². The summed E-state index contributed by atoms with van der Waals surface area (Å²) in [5.41, 5.74) is 3.47. The van der Waals surface area contributed by atoms with Gasteiger partial charge in [-0.1, -0.05) is 47.5 Å². The lowest BCUT2D eigenvalue weighted by molar-refractivity contribution is 0.639. The minimum atomic E-state index is 0.249. The molecule has 0 N–H and O–H groups in total. The molecule has 0 radical (unpaired) electrons. The van der Waals surface area contributed by atoms with E-state index >= 15 is 0 Å². The van der Waals surface area contributed by atoms with Crippen LogP contribution in [0.25, 0.3) is 6.08 Å². The number of hydrogen-bond donors (Lipinski definition) is 0.